The maximum absolute atomic E-state index is 10.8. The molecule has 0 saturated heterocycles. The largest absolute Gasteiger partial charge is 0.333 e. The van der Waals surface area contributed by atoms with Gasteiger partial charge in [0.25, 0.3) is 0 Å². The Morgan fingerprint density at radius 1 is 1.42 bits per heavy atom. The molecule has 0 aromatic rings. The van der Waals surface area contributed by atoms with Gasteiger partial charge in [-0.2, -0.15) is 0 Å². The quantitative estimate of drug-likeness (QED) is 0.601. The van der Waals surface area contributed by atoms with Gasteiger partial charge in [0, 0.05) is 11.4 Å². The lowest BCUT2D eigenvalue weighted by Crippen LogP contribution is -2.46. The first kappa shape index (κ1) is 11.0. The summed E-state index contributed by atoms with van der Waals surface area (Å²) in [6, 6.07) is -0.481. The van der Waals surface area contributed by atoms with Crippen molar-refractivity contribution in [3.63, 3.8) is 0 Å². The third-order valence-electron chi connectivity index (χ3n) is 0.793. The molecule has 0 aliphatic rings. The number of nitrogens with one attached hydrogen (secondary N) is 3. The number of hydrazine groups is 1. The van der Waals surface area contributed by atoms with Crippen LogP contribution in [0.1, 0.15) is 6.92 Å². The van der Waals surface area contributed by atoms with Crippen LogP contribution in [0.5, 0.6) is 0 Å². The van der Waals surface area contributed by atoms with Gasteiger partial charge in [0.2, 0.25) is 5.91 Å². The van der Waals surface area contributed by atoms with E-state index in [1.807, 2.05) is 0 Å². The summed E-state index contributed by atoms with van der Waals surface area (Å²) in [5.41, 5.74) is 4.25. The smallest absolute Gasteiger partial charge is 0.332 e. The molecule has 0 radical (unpaired) electrons. The number of amides is 3. The Labute approximate surface area is 78.7 Å². The molecule has 0 aromatic carbocycles. The van der Waals surface area contributed by atoms with Gasteiger partial charge in [-0.1, -0.05) is 22.5 Å². The highest BCUT2D eigenvalue weighted by Gasteiger charge is 1.98. The molecule has 6 heteroatoms. The highest BCUT2D eigenvalue weighted by Crippen LogP contribution is 1.95. The summed E-state index contributed by atoms with van der Waals surface area (Å²) in [6.45, 7) is 5.12. The van der Waals surface area contributed by atoms with Crippen molar-refractivity contribution in [2.45, 2.75) is 6.92 Å². The fraction of sp³-hybridized carbons (Fsp3) is 0.333. The zero-order valence-electron chi connectivity index (χ0n) is 6.61. The van der Waals surface area contributed by atoms with Crippen molar-refractivity contribution in [1.82, 2.24) is 16.2 Å². The molecule has 0 heterocycles. The average Bonchev–Trinajstić information content (AvgIpc) is 1.96. The summed E-state index contributed by atoms with van der Waals surface area (Å²) in [6.07, 6.45) is 0. The van der Waals surface area contributed by atoms with Crippen molar-refractivity contribution in [2.75, 3.05) is 6.54 Å². The molecule has 0 aromatic heterocycles. The van der Waals surface area contributed by atoms with E-state index in [0.717, 1.165) is 0 Å². The van der Waals surface area contributed by atoms with Crippen LogP contribution in [0.15, 0.2) is 11.1 Å². The van der Waals surface area contributed by atoms with Gasteiger partial charge in [0.1, 0.15) is 0 Å². The molecule has 5 nitrogen and oxygen atoms in total. The van der Waals surface area contributed by atoms with E-state index in [0.29, 0.717) is 11.0 Å². The summed E-state index contributed by atoms with van der Waals surface area (Å²) in [4.78, 5) is 21.1. The molecule has 3 N–H and O–H groups in total. The van der Waals surface area contributed by atoms with Crippen molar-refractivity contribution < 1.29 is 9.59 Å². The lowest BCUT2D eigenvalue weighted by molar-refractivity contribution is -0.119. The highest BCUT2D eigenvalue weighted by atomic mass is 79.9. The molecule has 3 amide bonds. The van der Waals surface area contributed by atoms with Crippen LogP contribution in [-0.4, -0.2) is 18.5 Å². The minimum Gasteiger partial charge on any atom is -0.332 e. The molecule has 0 unspecified atom stereocenters. The lowest BCUT2D eigenvalue weighted by atomic mass is 10.6. The fourth-order valence-electron chi connectivity index (χ4n) is 0.365. The first-order valence-electron chi connectivity index (χ1n) is 3.16. The Hall–Kier alpha value is -1.04. The molecule has 12 heavy (non-hydrogen) atoms. The van der Waals surface area contributed by atoms with Crippen LogP contribution in [0.3, 0.4) is 0 Å². The number of urea groups is 1. The van der Waals surface area contributed by atoms with E-state index in [1.165, 1.54) is 6.92 Å². The molecule has 0 spiro atoms. The Morgan fingerprint density at radius 3 is 2.42 bits per heavy atom. The van der Waals surface area contributed by atoms with Crippen LogP contribution in [0, 0.1) is 0 Å². The zero-order chi connectivity index (χ0) is 9.56. The Morgan fingerprint density at radius 2 is 2.00 bits per heavy atom. The van der Waals surface area contributed by atoms with Crippen molar-refractivity contribution in [3.05, 3.63) is 11.1 Å². The zero-order valence-corrected chi connectivity index (χ0v) is 8.19. The second-order valence-electron chi connectivity index (χ2n) is 2.01. The van der Waals surface area contributed by atoms with Gasteiger partial charge in [0.05, 0.1) is 6.54 Å². The Bertz CT molecular complexity index is 185. The Balaban J connectivity index is 3.47. The first-order chi connectivity index (χ1) is 5.52. The van der Waals surface area contributed by atoms with Crippen LogP contribution in [0.2, 0.25) is 0 Å². The van der Waals surface area contributed by atoms with Crippen molar-refractivity contribution in [1.29, 1.82) is 0 Å². The van der Waals surface area contributed by atoms with Gasteiger partial charge in [0.15, 0.2) is 0 Å². The molecule has 0 atom stereocenters. The monoisotopic (exact) mass is 235 g/mol. The number of carbonyl (C=O) groups is 2. The molecule has 0 aliphatic carbocycles. The second kappa shape index (κ2) is 5.59. The van der Waals surface area contributed by atoms with Crippen molar-refractivity contribution in [3.8, 4) is 0 Å². The van der Waals surface area contributed by atoms with Crippen molar-refractivity contribution >= 4 is 27.9 Å². The van der Waals surface area contributed by atoms with Crippen LogP contribution in [0.4, 0.5) is 4.79 Å². The third-order valence-corrected chi connectivity index (χ3v) is 1.07. The predicted molar refractivity (Wildman–Crippen MR) is 48.4 cm³/mol. The normalized spacial score (nSPS) is 8.50. The standard InChI is InChI=1S/C6H10BrN3O2/c1-4(7)3-8-6(12)10-9-5(2)11/h1,3H2,2H3,(H,9,11)(H2,8,10,12). The molecular weight excluding hydrogens is 226 g/mol. The van der Waals surface area contributed by atoms with E-state index < -0.39 is 6.03 Å². The topological polar surface area (TPSA) is 70.2 Å². The molecule has 0 fully saturated rings. The summed E-state index contributed by atoms with van der Waals surface area (Å²) in [5.74, 6) is -0.331. The number of halogens is 1. The van der Waals surface area contributed by atoms with E-state index in [4.69, 9.17) is 0 Å². The van der Waals surface area contributed by atoms with Crippen LogP contribution in [-0.2, 0) is 4.79 Å². The number of rotatable bonds is 2. The van der Waals surface area contributed by atoms with E-state index in [1.54, 1.807) is 0 Å². The van der Waals surface area contributed by atoms with Gasteiger partial charge in [-0.15, -0.1) is 0 Å². The number of carbonyl (C=O) groups excluding carboxylic acids is 2. The minimum atomic E-state index is -0.481. The van der Waals surface area contributed by atoms with E-state index >= 15 is 0 Å². The summed E-state index contributed by atoms with van der Waals surface area (Å²) < 4.78 is 0.653. The summed E-state index contributed by atoms with van der Waals surface area (Å²) in [5, 5.41) is 2.43. The Kier molecular flexibility index (Phi) is 5.11. The van der Waals surface area contributed by atoms with Crippen LogP contribution in [0.25, 0.3) is 0 Å². The van der Waals surface area contributed by atoms with E-state index in [9.17, 15) is 9.59 Å². The minimum absolute atomic E-state index is 0.311. The van der Waals surface area contributed by atoms with Crippen molar-refractivity contribution in [2.24, 2.45) is 0 Å². The molecule has 0 bridgehead atoms. The number of hydrogen-bond acceptors (Lipinski definition) is 2. The molecular formula is C6H10BrN3O2. The van der Waals surface area contributed by atoms with Gasteiger partial charge < -0.3 is 5.32 Å². The highest BCUT2D eigenvalue weighted by molar-refractivity contribution is 9.11. The SMILES string of the molecule is C=C(Br)CNC(=O)NNC(C)=O. The van der Waals surface area contributed by atoms with E-state index in [2.05, 4.69) is 38.7 Å². The third kappa shape index (κ3) is 7.07. The lowest BCUT2D eigenvalue weighted by Gasteiger charge is -2.05. The molecule has 0 rings (SSSR count). The van der Waals surface area contributed by atoms with Gasteiger partial charge in [-0.3, -0.25) is 10.2 Å². The summed E-state index contributed by atoms with van der Waals surface area (Å²) in [7, 11) is 0. The molecule has 0 saturated carbocycles. The van der Waals surface area contributed by atoms with Gasteiger partial charge >= 0.3 is 6.03 Å². The molecule has 68 valence electrons. The van der Waals surface area contributed by atoms with Crippen LogP contribution < -0.4 is 16.2 Å². The molecule has 0 aliphatic heterocycles. The van der Waals surface area contributed by atoms with Gasteiger partial charge in [-0.05, 0) is 0 Å². The number of hydrogen-bond donors (Lipinski definition) is 3. The maximum atomic E-state index is 10.8. The maximum Gasteiger partial charge on any atom is 0.333 e. The average molecular weight is 236 g/mol. The predicted octanol–water partition coefficient (Wildman–Crippen LogP) is 0.245. The fourth-order valence-corrected chi connectivity index (χ4v) is 0.505. The second-order valence-corrected chi connectivity index (χ2v) is 3.13. The van der Waals surface area contributed by atoms with Gasteiger partial charge in [-0.25, -0.2) is 10.2 Å². The summed E-state index contributed by atoms with van der Waals surface area (Å²) >= 11 is 3.06. The first-order valence-corrected chi connectivity index (χ1v) is 3.95. The van der Waals surface area contributed by atoms with Crippen LogP contribution >= 0.6 is 15.9 Å². The van der Waals surface area contributed by atoms with E-state index in [-0.39, 0.29) is 5.91 Å².